The summed E-state index contributed by atoms with van der Waals surface area (Å²) in [7, 11) is 0. The molecule has 1 aromatic heterocycles. The molecular formula is C21H27N3O3. The predicted molar refractivity (Wildman–Crippen MR) is 102 cm³/mol. The Morgan fingerprint density at radius 3 is 3.00 bits per heavy atom. The molecule has 0 bridgehead atoms. The van der Waals surface area contributed by atoms with Crippen molar-refractivity contribution in [2.75, 3.05) is 19.7 Å². The van der Waals surface area contributed by atoms with Crippen LogP contribution >= 0.6 is 0 Å². The number of carbonyl (C=O) groups is 1. The lowest BCUT2D eigenvalue weighted by atomic mass is 9.95. The molecule has 2 aromatic rings. The van der Waals surface area contributed by atoms with Crippen molar-refractivity contribution in [3.63, 3.8) is 0 Å². The second-order valence-corrected chi connectivity index (χ2v) is 8.12. The van der Waals surface area contributed by atoms with Gasteiger partial charge in [-0.2, -0.15) is 5.10 Å². The molecule has 6 heteroatoms. The van der Waals surface area contributed by atoms with Gasteiger partial charge in [-0.05, 0) is 63.9 Å². The predicted octanol–water partition coefficient (Wildman–Crippen LogP) is 3.06. The van der Waals surface area contributed by atoms with E-state index in [4.69, 9.17) is 4.74 Å². The van der Waals surface area contributed by atoms with Crippen molar-refractivity contribution in [1.29, 1.82) is 0 Å². The van der Waals surface area contributed by atoms with Gasteiger partial charge in [-0.1, -0.05) is 6.07 Å². The Bertz CT molecular complexity index is 860. The van der Waals surface area contributed by atoms with Crippen LogP contribution in [0.2, 0.25) is 0 Å². The first-order chi connectivity index (χ1) is 13.0. The number of hydrogen-bond acceptors (Lipinski definition) is 5. The Labute approximate surface area is 159 Å². The summed E-state index contributed by atoms with van der Waals surface area (Å²) in [6.45, 7) is 8.54. The van der Waals surface area contributed by atoms with Gasteiger partial charge in [0.15, 0.2) is 6.29 Å². The van der Waals surface area contributed by atoms with Crippen LogP contribution in [-0.4, -0.2) is 40.9 Å². The van der Waals surface area contributed by atoms with Crippen molar-refractivity contribution in [2.24, 2.45) is 11.3 Å². The van der Waals surface area contributed by atoms with Gasteiger partial charge in [0.2, 0.25) is 0 Å². The summed E-state index contributed by atoms with van der Waals surface area (Å²) >= 11 is 0. The van der Waals surface area contributed by atoms with E-state index in [1.54, 1.807) is 19.1 Å². The first-order valence-corrected chi connectivity index (χ1v) is 9.64. The third-order valence-electron chi connectivity index (χ3n) is 6.28. The largest absolute Gasteiger partial charge is 0.507 e. The van der Waals surface area contributed by atoms with E-state index in [1.165, 1.54) is 5.69 Å². The van der Waals surface area contributed by atoms with Gasteiger partial charge in [0.1, 0.15) is 11.5 Å². The van der Waals surface area contributed by atoms with Crippen LogP contribution in [-0.2, 0) is 0 Å². The number of piperidine rings is 1. The minimum absolute atomic E-state index is 0.00657. The molecule has 2 fully saturated rings. The first-order valence-electron chi connectivity index (χ1n) is 9.64. The maximum atomic E-state index is 11.5. The molecule has 1 saturated heterocycles. The molecule has 0 spiro atoms. The molecule has 1 saturated carbocycles. The van der Waals surface area contributed by atoms with Crippen molar-refractivity contribution in [2.45, 2.75) is 39.2 Å². The van der Waals surface area contributed by atoms with Gasteiger partial charge in [0, 0.05) is 29.3 Å². The number of ether oxygens (including phenoxy) is 1. The quantitative estimate of drug-likeness (QED) is 0.766. The van der Waals surface area contributed by atoms with E-state index < -0.39 is 0 Å². The fraction of sp³-hybridized carbons (Fsp3) is 0.524. The number of fused-ring (bicyclic) bond motifs is 1. The molecule has 3 unspecified atom stereocenters. The number of aryl methyl sites for hydroxylation is 1. The Morgan fingerprint density at radius 2 is 2.26 bits per heavy atom. The van der Waals surface area contributed by atoms with Gasteiger partial charge < -0.3 is 15.2 Å². The van der Waals surface area contributed by atoms with E-state index in [0.717, 1.165) is 19.5 Å². The zero-order valence-electron chi connectivity index (χ0n) is 16.1. The summed E-state index contributed by atoms with van der Waals surface area (Å²) in [6.07, 6.45) is 3.58. The Kier molecular flexibility index (Phi) is 4.46. The van der Waals surface area contributed by atoms with Crippen molar-refractivity contribution in [3.05, 3.63) is 41.2 Å². The molecule has 6 nitrogen and oxygen atoms in total. The smallest absolute Gasteiger partial charge is 0.157 e. The molecule has 4 rings (SSSR count). The van der Waals surface area contributed by atoms with Crippen LogP contribution < -0.4 is 10.1 Å². The number of aromatic nitrogens is 2. The minimum Gasteiger partial charge on any atom is -0.507 e. The van der Waals surface area contributed by atoms with Gasteiger partial charge in [-0.15, -0.1) is 0 Å². The van der Waals surface area contributed by atoms with E-state index >= 15 is 0 Å². The number of phenols is 1. The highest BCUT2D eigenvalue weighted by molar-refractivity contribution is 5.84. The number of hydrogen-bond donors (Lipinski definition) is 2. The summed E-state index contributed by atoms with van der Waals surface area (Å²) in [5.41, 5.74) is 2.23. The molecule has 144 valence electrons. The van der Waals surface area contributed by atoms with E-state index in [9.17, 15) is 9.90 Å². The Morgan fingerprint density at radius 1 is 1.44 bits per heavy atom. The Balaban J connectivity index is 1.60. The second-order valence-electron chi connectivity index (χ2n) is 8.12. The first kappa shape index (κ1) is 18.0. The third-order valence-corrected chi connectivity index (χ3v) is 6.28. The number of rotatable bonds is 6. The van der Waals surface area contributed by atoms with Gasteiger partial charge >= 0.3 is 0 Å². The van der Waals surface area contributed by atoms with Crippen LogP contribution in [0.1, 0.15) is 53.8 Å². The summed E-state index contributed by atoms with van der Waals surface area (Å²) in [4.78, 5) is 11.5. The molecule has 2 aliphatic rings. The van der Waals surface area contributed by atoms with Crippen molar-refractivity contribution >= 4 is 6.29 Å². The van der Waals surface area contributed by atoms with Crippen molar-refractivity contribution < 1.29 is 14.6 Å². The zero-order valence-corrected chi connectivity index (χ0v) is 16.1. The van der Waals surface area contributed by atoms with Crippen LogP contribution in [0, 0.1) is 18.3 Å². The summed E-state index contributed by atoms with van der Waals surface area (Å²) in [5.74, 6) is 1.37. The van der Waals surface area contributed by atoms with Gasteiger partial charge in [-0.3, -0.25) is 9.48 Å². The van der Waals surface area contributed by atoms with E-state index in [-0.39, 0.29) is 16.7 Å². The summed E-state index contributed by atoms with van der Waals surface area (Å²) in [5, 5.41) is 18.2. The molecule has 1 aliphatic carbocycles. The lowest BCUT2D eigenvalue weighted by Crippen LogP contribution is -2.32. The number of carbonyl (C=O) groups excluding carboxylic acids is 1. The average Bonchev–Trinajstić information content (AvgIpc) is 3.05. The highest BCUT2D eigenvalue weighted by atomic mass is 16.5. The van der Waals surface area contributed by atoms with Gasteiger partial charge in [0.05, 0.1) is 12.2 Å². The average molecular weight is 369 g/mol. The molecule has 0 radical (unpaired) electrons. The normalized spacial score (nSPS) is 26.7. The number of nitrogens with zero attached hydrogens (tertiary/aromatic N) is 2. The topological polar surface area (TPSA) is 76.4 Å². The molecule has 1 aromatic carbocycles. The van der Waals surface area contributed by atoms with E-state index in [0.29, 0.717) is 42.1 Å². The van der Waals surface area contributed by atoms with Crippen LogP contribution in [0.25, 0.3) is 0 Å². The highest BCUT2D eigenvalue weighted by Crippen LogP contribution is 2.67. The molecule has 2 N–H and O–H groups in total. The highest BCUT2D eigenvalue weighted by Gasteiger charge is 2.66. The molecule has 27 heavy (non-hydrogen) atoms. The fourth-order valence-electron chi connectivity index (χ4n) is 4.74. The number of nitrogens with one attached hydrogen (secondary N) is 1. The standard InChI is InChI=1S/C21H27N3O3/c1-13(2)24-17(6-8-23-24)19-16-10-22-9-7-21(16,19)12-27-18-5-4-14(3)20(26)15(18)11-25/h4-6,8,11,13,16,19,22,26H,7,9-10,12H2,1-3H3. The maximum Gasteiger partial charge on any atom is 0.157 e. The SMILES string of the molecule is Cc1ccc(OCC23CCNCC2C3c2ccnn2C(C)C)c(C=O)c1O. The lowest BCUT2D eigenvalue weighted by Gasteiger charge is -2.24. The fourth-order valence-corrected chi connectivity index (χ4v) is 4.74. The summed E-state index contributed by atoms with van der Waals surface area (Å²) in [6, 6.07) is 6.01. The molecular weight excluding hydrogens is 342 g/mol. The minimum atomic E-state index is 0.00657. The van der Waals surface area contributed by atoms with Crippen LogP contribution in [0.15, 0.2) is 24.4 Å². The third kappa shape index (κ3) is 2.83. The number of aldehydes is 1. The molecule has 0 amide bonds. The van der Waals surface area contributed by atoms with E-state index in [1.807, 2.05) is 6.20 Å². The number of phenolic OH excluding ortho intramolecular Hbond substituents is 1. The monoisotopic (exact) mass is 369 g/mol. The number of benzene rings is 1. The van der Waals surface area contributed by atoms with E-state index in [2.05, 4.69) is 35.0 Å². The lowest BCUT2D eigenvalue weighted by molar-refractivity contribution is 0.111. The van der Waals surface area contributed by atoms with Gasteiger partial charge in [0.25, 0.3) is 0 Å². The van der Waals surface area contributed by atoms with Crippen molar-refractivity contribution in [1.82, 2.24) is 15.1 Å². The van der Waals surface area contributed by atoms with Crippen LogP contribution in [0.5, 0.6) is 11.5 Å². The number of aromatic hydroxyl groups is 1. The van der Waals surface area contributed by atoms with Gasteiger partial charge in [-0.25, -0.2) is 0 Å². The zero-order chi connectivity index (χ0) is 19.2. The summed E-state index contributed by atoms with van der Waals surface area (Å²) < 4.78 is 8.24. The second kappa shape index (κ2) is 6.68. The van der Waals surface area contributed by atoms with Crippen LogP contribution in [0.3, 0.4) is 0 Å². The maximum absolute atomic E-state index is 11.5. The van der Waals surface area contributed by atoms with Crippen molar-refractivity contribution in [3.8, 4) is 11.5 Å². The molecule has 3 atom stereocenters. The van der Waals surface area contributed by atoms with Crippen LogP contribution in [0.4, 0.5) is 0 Å². The Hall–Kier alpha value is -2.34. The molecule has 2 heterocycles. The molecule has 1 aliphatic heterocycles.